The van der Waals surface area contributed by atoms with Gasteiger partial charge >= 0.3 is 0 Å². The van der Waals surface area contributed by atoms with Crippen LogP contribution in [0.1, 0.15) is 12.0 Å². The first-order valence-electron chi connectivity index (χ1n) is 7.15. The number of aromatic nitrogens is 3. The number of rotatable bonds is 6. The topological polar surface area (TPSA) is 34.8 Å². The van der Waals surface area contributed by atoms with Crippen LogP contribution in [0.2, 0.25) is 5.02 Å². The lowest BCUT2D eigenvalue weighted by Crippen LogP contribution is -2.04. The monoisotopic (exact) mass is 302 g/mol. The van der Waals surface area contributed by atoms with Crippen molar-refractivity contribution in [1.82, 2.24) is 19.4 Å². The highest BCUT2D eigenvalue weighted by molar-refractivity contribution is 6.31. The molecule has 1 N–H and O–H groups in total. The Balaban J connectivity index is 1.81. The van der Waals surface area contributed by atoms with E-state index < -0.39 is 0 Å². The Morgan fingerprint density at radius 3 is 2.95 bits per heavy atom. The second-order valence-corrected chi connectivity index (χ2v) is 5.63. The van der Waals surface area contributed by atoms with Gasteiger partial charge in [-0.05, 0) is 31.2 Å². The van der Waals surface area contributed by atoms with Crippen molar-refractivity contribution < 1.29 is 0 Å². The van der Waals surface area contributed by atoms with E-state index in [0.717, 1.165) is 31.1 Å². The second kappa shape index (κ2) is 6.33. The summed E-state index contributed by atoms with van der Waals surface area (Å²) < 4.78 is 4.40. The summed E-state index contributed by atoms with van der Waals surface area (Å²) in [6, 6.07) is 6.11. The molecule has 3 rings (SSSR count). The number of imidazole rings is 1. The summed E-state index contributed by atoms with van der Waals surface area (Å²) in [6.45, 7) is 2.81. The predicted octanol–water partition coefficient (Wildman–Crippen LogP) is 3.30. The molecule has 21 heavy (non-hydrogen) atoms. The summed E-state index contributed by atoms with van der Waals surface area (Å²) >= 11 is 6.15. The van der Waals surface area contributed by atoms with Crippen LogP contribution in [0.4, 0.5) is 0 Å². The third kappa shape index (κ3) is 3.12. The molecule has 0 spiro atoms. The van der Waals surface area contributed by atoms with E-state index in [1.165, 1.54) is 16.5 Å². The summed E-state index contributed by atoms with van der Waals surface area (Å²) in [6.07, 6.45) is 8.96. The summed E-state index contributed by atoms with van der Waals surface area (Å²) in [7, 11) is 1.97. The van der Waals surface area contributed by atoms with Crippen LogP contribution in [0.3, 0.4) is 0 Å². The molecule has 1 aromatic carbocycles. The van der Waals surface area contributed by atoms with Crippen LogP contribution in [0.15, 0.2) is 43.1 Å². The molecule has 0 atom stereocenters. The Kier molecular flexibility index (Phi) is 4.27. The van der Waals surface area contributed by atoms with Crippen LogP contribution in [-0.2, 0) is 19.6 Å². The molecule has 0 unspecified atom stereocenters. The molecule has 3 aromatic rings. The van der Waals surface area contributed by atoms with Crippen LogP contribution in [-0.4, -0.2) is 21.2 Å². The fraction of sp³-hybridized carbons (Fsp3) is 0.312. The Morgan fingerprint density at radius 2 is 2.19 bits per heavy atom. The molecular formula is C16H19ClN4. The molecule has 0 radical (unpaired) electrons. The third-order valence-electron chi connectivity index (χ3n) is 3.67. The first-order valence-corrected chi connectivity index (χ1v) is 7.53. The molecule has 0 fully saturated rings. The van der Waals surface area contributed by atoms with Gasteiger partial charge in [-0.1, -0.05) is 17.7 Å². The van der Waals surface area contributed by atoms with E-state index in [1.54, 1.807) is 0 Å². The first-order chi connectivity index (χ1) is 10.3. The lowest BCUT2D eigenvalue weighted by molar-refractivity contribution is 0.572. The van der Waals surface area contributed by atoms with Gasteiger partial charge in [0.05, 0.1) is 6.33 Å². The Labute approximate surface area is 129 Å². The van der Waals surface area contributed by atoms with Gasteiger partial charge in [-0.15, -0.1) is 0 Å². The zero-order valence-electron chi connectivity index (χ0n) is 12.1. The predicted molar refractivity (Wildman–Crippen MR) is 86.6 cm³/mol. The van der Waals surface area contributed by atoms with Gasteiger partial charge in [0.2, 0.25) is 0 Å². The number of nitrogens with zero attached hydrogens (tertiary/aromatic N) is 3. The highest BCUT2D eigenvalue weighted by atomic mass is 35.5. The summed E-state index contributed by atoms with van der Waals surface area (Å²) in [5, 5.41) is 5.28. The fourth-order valence-corrected chi connectivity index (χ4v) is 2.87. The molecule has 0 saturated heterocycles. The van der Waals surface area contributed by atoms with Crippen molar-refractivity contribution in [2.45, 2.75) is 26.1 Å². The quantitative estimate of drug-likeness (QED) is 0.758. The summed E-state index contributed by atoms with van der Waals surface area (Å²) in [4.78, 5) is 4.07. The smallest absolute Gasteiger partial charge is 0.0945 e. The van der Waals surface area contributed by atoms with Gasteiger partial charge in [0.25, 0.3) is 0 Å². The zero-order valence-corrected chi connectivity index (χ0v) is 12.8. The molecule has 4 nitrogen and oxygen atoms in total. The lowest BCUT2D eigenvalue weighted by atomic mass is 10.2. The maximum absolute atomic E-state index is 6.15. The van der Waals surface area contributed by atoms with Crippen molar-refractivity contribution in [3.63, 3.8) is 0 Å². The van der Waals surface area contributed by atoms with Crippen LogP contribution in [0, 0.1) is 0 Å². The Hall–Kier alpha value is -1.78. The van der Waals surface area contributed by atoms with Crippen LogP contribution >= 0.6 is 11.6 Å². The molecule has 0 amide bonds. The van der Waals surface area contributed by atoms with E-state index in [2.05, 4.69) is 31.7 Å². The van der Waals surface area contributed by atoms with E-state index in [1.807, 2.05) is 37.9 Å². The van der Waals surface area contributed by atoms with E-state index in [4.69, 9.17) is 11.6 Å². The fourth-order valence-electron chi connectivity index (χ4n) is 2.70. The standard InChI is InChI=1S/C16H19ClN4/c1-18-10-13-11-21(7-2-6-20-8-5-19-12-20)16-9-14(17)3-4-15(13)16/h3-5,8-9,11-12,18H,2,6-7,10H2,1H3. The van der Waals surface area contributed by atoms with Crippen molar-refractivity contribution in [2.24, 2.45) is 0 Å². The van der Waals surface area contributed by atoms with Gasteiger partial charge in [-0.25, -0.2) is 4.98 Å². The number of nitrogens with one attached hydrogen (secondary N) is 1. The third-order valence-corrected chi connectivity index (χ3v) is 3.90. The second-order valence-electron chi connectivity index (χ2n) is 5.19. The lowest BCUT2D eigenvalue weighted by Gasteiger charge is -2.06. The number of benzene rings is 1. The van der Waals surface area contributed by atoms with Gasteiger partial charge in [-0.2, -0.15) is 0 Å². The molecule has 110 valence electrons. The molecule has 2 heterocycles. The number of halogens is 1. The maximum atomic E-state index is 6.15. The van der Waals surface area contributed by atoms with E-state index in [-0.39, 0.29) is 0 Å². The molecular weight excluding hydrogens is 284 g/mol. The highest BCUT2D eigenvalue weighted by Gasteiger charge is 2.08. The maximum Gasteiger partial charge on any atom is 0.0945 e. The van der Waals surface area contributed by atoms with Crippen molar-refractivity contribution >= 4 is 22.5 Å². The number of hydrogen-bond acceptors (Lipinski definition) is 2. The van der Waals surface area contributed by atoms with Gasteiger partial charge in [-0.3, -0.25) is 0 Å². The SMILES string of the molecule is CNCc1cn(CCCn2ccnc2)c2cc(Cl)ccc12. The number of hydrogen-bond donors (Lipinski definition) is 1. The van der Waals surface area contributed by atoms with E-state index in [0.29, 0.717) is 0 Å². The first kappa shape index (κ1) is 14.2. The minimum absolute atomic E-state index is 0.785. The van der Waals surface area contributed by atoms with E-state index >= 15 is 0 Å². The Morgan fingerprint density at radius 1 is 1.29 bits per heavy atom. The van der Waals surface area contributed by atoms with Crippen molar-refractivity contribution in [1.29, 1.82) is 0 Å². The molecule has 0 bridgehead atoms. The van der Waals surface area contributed by atoms with Crippen molar-refractivity contribution in [2.75, 3.05) is 7.05 Å². The average Bonchev–Trinajstić information content (AvgIpc) is 3.09. The molecule has 0 saturated carbocycles. The van der Waals surface area contributed by atoms with Crippen molar-refractivity contribution in [3.05, 3.63) is 53.7 Å². The summed E-state index contributed by atoms with van der Waals surface area (Å²) in [5.74, 6) is 0. The number of aryl methyl sites for hydroxylation is 2. The van der Waals surface area contributed by atoms with Gasteiger partial charge in [0.1, 0.15) is 0 Å². The van der Waals surface area contributed by atoms with Crippen LogP contribution in [0.25, 0.3) is 10.9 Å². The molecule has 0 aliphatic rings. The van der Waals surface area contributed by atoms with Gasteiger partial charge in [0, 0.05) is 54.2 Å². The molecule has 0 aliphatic heterocycles. The Bertz CT molecular complexity index is 715. The van der Waals surface area contributed by atoms with Crippen LogP contribution in [0.5, 0.6) is 0 Å². The number of fused-ring (bicyclic) bond motifs is 1. The molecule has 0 aliphatic carbocycles. The van der Waals surface area contributed by atoms with Crippen LogP contribution < -0.4 is 5.32 Å². The molecule has 2 aromatic heterocycles. The highest BCUT2D eigenvalue weighted by Crippen LogP contribution is 2.25. The normalized spacial score (nSPS) is 11.3. The van der Waals surface area contributed by atoms with Gasteiger partial charge < -0.3 is 14.5 Å². The average molecular weight is 303 g/mol. The van der Waals surface area contributed by atoms with Gasteiger partial charge in [0.15, 0.2) is 0 Å². The molecule has 5 heteroatoms. The zero-order chi connectivity index (χ0) is 14.7. The summed E-state index contributed by atoms with van der Waals surface area (Å²) in [5.41, 5.74) is 2.52. The minimum Gasteiger partial charge on any atom is -0.347 e. The minimum atomic E-state index is 0.785. The van der Waals surface area contributed by atoms with Crippen molar-refractivity contribution in [3.8, 4) is 0 Å². The van der Waals surface area contributed by atoms with E-state index in [9.17, 15) is 0 Å². The largest absolute Gasteiger partial charge is 0.347 e.